The van der Waals surface area contributed by atoms with Gasteiger partial charge in [-0.3, -0.25) is 67.2 Å². The molecule has 4 aromatic rings. The zero-order valence-corrected chi connectivity index (χ0v) is 79.4. The van der Waals surface area contributed by atoms with Crippen molar-refractivity contribution in [1.29, 1.82) is 0 Å². The average molecular weight is 1890 g/mol. The molecule has 1 aliphatic carbocycles. The van der Waals surface area contributed by atoms with Crippen LogP contribution >= 0.6 is 0 Å². The first-order chi connectivity index (χ1) is 64.1. The molecule has 0 saturated carbocycles. The van der Waals surface area contributed by atoms with Gasteiger partial charge in [0.25, 0.3) is 0 Å². The molecule has 17 N–H and O–H groups in total. The highest BCUT2D eigenvalue weighted by atomic mass is 16.6. The van der Waals surface area contributed by atoms with E-state index in [-0.39, 0.29) is 62.4 Å². The van der Waals surface area contributed by atoms with E-state index in [1.54, 1.807) is 104 Å². The Hall–Kier alpha value is -12.4. The van der Waals surface area contributed by atoms with E-state index in [0.29, 0.717) is 36.9 Å². The number of aliphatic hydroxyl groups excluding tert-OH is 3. The maximum Gasteiger partial charge on any atom is 0.410 e. The second-order valence-electron chi connectivity index (χ2n) is 35.2. The Morgan fingerprint density at radius 2 is 1.14 bits per heavy atom. The maximum absolute atomic E-state index is 15.0. The van der Waals surface area contributed by atoms with E-state index in [4.69, 9.17) is 29.4 Å². The lowest BCUT2D eigenvalue weighted by molar-refractivity contribution is -0.148. The van der Waals surface area contributed by atoms with E-state index in [0.717, 1.165) is 34.3 Å². The zero-order valence-electron chi connectivity index (χ0n) is 79.4. The molecule has 742 valence electrons. The minimum Gasteiger partial charge on any atom is -0.468 e. The number of likely N-dealkylation sites (N-methyl/N-ethyl adjacent to an activating group) is 2. The summed E-state index contributed by atoms with van der Waals surface area (Å²) in [5.41, 5.74) is 10.3. The van der Waals surface area contributed by atoms with Crippen LogP contribution in [0.4, 0.5) is 20.1 Å². The third kappa shape index (κ3) is 32.1. The highest BCUT2D eigenvalue weighted by molar-refractivity contribution is 5.99. The van der Waals surface area contributed by atoms with Crippen LogP contribution in [0.25, 0.3) is 11.1 Å². The highest BCUT2D eigenvalue weighted by Gasteiger charge is 2.47. The van der Waals surface area contributed by atoms with Gasteiger partial charge in [-0.1, -0.05) is 160 Å². The van der Waals surface area contributed by atoms with Gasteiger partial charge in [0.2, 0.25) is 70.9 Å². The van der Waals surface area contributed by atoms with E-state index in [1.165, 1.54) is 38.3 Å². The number of methoxy groups -OCH3 is 3. The summed E-state index contributed by atoms with van der Waals surface area (Å²) in [6, 6.07) is 21.0. The largest absolute Gasteiger partial charge is 0.468 e. The summed E-state index contributed by atoms with van der Waals surface area (Å²) < 4.78 is 33.8. The molecule has 4 aromatic carbocycles. The molecule has 0 spiro atoms. The number of primary amides is 1. The number of esters is 1. The Balaban J connectivity index is 0.954. The lowest BCUT2D eigenvalue weighted by atomic mass is 9.89. The lowest BCUT2D eigenvalue weighted by Crippen LogP contribution is -2.60. The summed E-state index contributed by atoms with van der Waals surface area (Å²) in [6.07, 6.45) is -10.2. The summed E-state index contributed by atoms with van der Waals surface area (Å²) >= 11 is 0. The molecule has 2 saturated heterocycles. The van der Waals surface area contributed by atoms with Crippen molar-refractivity contribution in [3.8, 4) is 11.1 Å². The number of likely N-dealkylation sites (tertiary alicyclic amines) is 1. The van der Waals surface area contributed by atoms with Crippen LogP contribution in [0.1, 0.15) is 161 Å². The molecule has 0 radical (unpaired) electrons. The van der Waals surface area contributed by atoms with E-state index in [2.05, 4.69) is 68.5 Å². The van der Waals surface area contributed by atoms with Crippen LogP contribution in [0, 0.1) is 29.6 Å². The third-order valence-corrected chi connectivity index (χ3v) is 24.5. The predicted octanol–water partition coefficient (Wildman–Crippen LogP) is 1.91. The first-order valence-corrected chi connectivity index (χ1v) is 45.6. The maximum atomic E-state index is 15.0. The van der Waals surface area contributed by atoms with Crippen LogP contribution in [0.2, 0.25) is 0 Å². The fraction of sp³-hybridized carbons (Fsp3) is 0.574. The minimum absolute atomic E-state index is 0.0198. The van der Waals surface area contributed by atoms with Crippen LogP contribution in [0.15, 0.2) is 103 Å². The van der Waals surface area contributed by atoms with Crippen LogP contribution in [-0.4, -0.2) is 298 Å². The van der Waals surface area contributed by atoms with E-state index in [1.807, 2.05) is 68.4 Å². The number of nitrogens with one attached hydrogen (secondary N) is 12. The Kier molecular flexibility index (Phi) is 43.5. The van der Waals surface area contributed by atoms with E-state index < -0.39 is 256 Å². The van der Waals surface area contributed by atoms with Gasteiger partial charge in [0.15, 0.2) is 0 Å². The second kappa shape index (κ2) is 53.6. The normalized spacial score (nSPS) is 18.2. The molecule has 135 heavy (non-hydrogen) atoms. The summed E-state index contributed by atoms with van der Waals surface area (Å²) in [5.74, 6) is -11.9. The molecular weight excluding hydrogens is 1750 g/mol. The number of amides is 16. The molecule has 2 fully saturated rings. The predicted molar refractivity (Wildman–Crippen MR) is 493 cm³/mol. The molecule has 41 nitrogen and oxygen atoms in total. The molecule has 41 heteroatoms. The van der Waals surface area contributed by atoms with Crippen molar-refractivity contribution in [3.05, 3.63) is 125 Å². The van der Waals surface area contributed by atoms with Gasteiger partial charge in [-0.25, -0.2) is 14.4 Å². The van der Waals surface area contributed by atoms with Crippen molar-refractivity contribution >= 4 is 101 Å². The number of hydrogen-bond donors (Lipinski definition) is 16. The number of aliphatic hydroxyl groups is 3. The molecule has 7 rings (SSSR count). The number of nitrogens with zero attached hydrogens (tertiary/aromatic N) is 3. The number of rotatable bonds is 51. The van der Waals surface area contributed by atoms with E-state index in [9.17, 15) is 92.0 Å². The number of alkyl carbamates (subject to hydrolysis) is 1. The van der Waals surface area contributed by atoms with Gasteiger partial charge in [-0.2, -0.15) is 0 Å². The third-order valence-electron chi connectivity index (χ3n) is 24.5. The number of carbonyl (C=O) groups excluding carboxylic acids is 16. The molecule has 3 aliphatic rings. The van der Waals surface area contributed by atoms with E-state index >= 15 is 0 Å². The number of anilines is 1. The number of urea groups is 1. The summed E-state index contributed by atoms with van der Waals surface area (Å²) in [5, 5.41) is 63.4. The fourth-order valence-electron chi connectivity index (χ4n) is 16.7. The van der Waals surface area contributed by atoms with Crippen molar-refractivity contribution in [3.63, 3.8) is 0 Å². The molecule has 0 bridgehead atoms. The molecule has 2 aliphatic heterocycles. The van der Waals surface area contributed by atoms with Gasteiger partial charge >= 0.3 is 24.2 Å². The van der Waals surface area contributed by atoms with Crippen LogP contribution < -0.4 is 69.5 Å². The Morgan fingerprint density at radius 3 is 1.71 bits per heavy atom. The van der Waals surface area contributed by atoms with Crippen LogP contribution in [-0.2, 0) is 97.4 Å². The minimum atomic E-state index is -1.65. The fourth-order valence-corrected chi connectivity index (χ4v) is 16.7. The van der Waals surface area contributed by atoms with Crippen molar-refractivity contribution in [2.24, 2.45) is 35.3 Å². The molecule has 2 heterocycles. The van der Waals surface area contributed by atoms with Crippen molar-refractivity contribution in [2.45, 2.75) is 231 Å². The molecule has 16 amide bonds. The van der Waals surface area contributed by atoms with Crippen molar-refractivity contribution in [2.75, 3.05) is 93.2 Å². The standard InChI is InChI=1S/C94H136N16O25/c1-16-54(8)81(68(130-13)43-76(116)110-41-25-33-67(110)85(132-15)55(9)86(121)102-56(10)82(118)58-26-18-17-19-27-58)108(11)91(126)79(52(4)5)107-90(125)80(53(6)7)109(12)94(129)134-49-57-34-36-59(37-35-57)103-87(122)65(32-24-40-96-92(95)127)104-89(124)78(51(2)3)106-88(123)66(105-93(128)133-50-64-62-30-22-20-28-60(62)61-29-21-23-31-63(61)64)38-39-71(111)97-44-70-84(120)83(119)69(135-70)42-72(112)98-45-73(113)99-46-74(114)100-47-75(115)101-48-77(117)131-14/h17-23,26-31,34-37,51-56,64-70,78-85,118-120H,16,24-25,32-33,38-50H2,1-15H3,(H,97,111)(H,98,112)(H,99,113)(H,100,114)(H,101,115)(H,102,121)(H,103,122)(H,104,124)(H,105,128)(H,106,123)(H,107,125)(H3,95,96,127)/t54-,55+,56+,65-,66-,67-,68+,69-,70+,78-,79-,80-,81-,82+,83-,84+,85+/m0/s1. The molecule has 17 atom stereocenters. The summed E-state index contributed by atoms with van der Waals surface area (Å²) in [7, 11) is 7.10. The zero-order chi connectivity index (χ0) is 99.6. The number of fused-ring (bicyclic) bond motifs is 3. The van der Waals surface area contributed by atoms with Crippen molar-refractivity contribution < 1.29 is 120 Å². The van der Waals surface area contributed by atoms with Gasteiger partial charge in [-0.05, 0) is 108 Å². The van der Waals surface area contributed by atoms with Gasteiger partial charge in [-0.15, -0.1) is 0 Å². The average Bonchev–Trinajstić information content (AvgIpc) is 1.61. The number of nitrogens with two attached hydrogens (primary N) is 1. The second-order valence-corrected chi connectivity index (χ2v) is 35.2. The first kappa shape index (κ1) is 110. The number of ether oxygens (including phenoxy) is 6. The molecular formula is C94H136N16O25. The smallest absolute Gasteiger partial charge is 0.410 e. The quantitative estimate of drug-likeness (QED) is 0.0171. The summed E-state index contributed by atoms with van der Waals surface area (Å²) in [6.45, 7) is 14.8. The number of carbonyl (C=O) groups is 16. The lowest BCUT2D eigenvalue weighted by Gasteiger charge is -2.41. The van der Waals surface area contributed by atoms with Gasteiger partial charge in [0.05, 0.1) is 88.0 Å². The Labute approximate surface area is 786 Å². The molecule has 0 aromatic heterocycles. The van der Waals surface area contributed by atoms with Crippen molar-refractivity contribution in [1.82, 2.24) is 73.2 Å². The van der Waals surface area contributed by atoms with Crippen LogP contribution in [0.5, 0.6) is 0 Å². The van der Waals surface area contributed by atoms with Crippen LogP contribution in [0.3, 0.4) is 0 Å². The number of benzene rings is 4. The van der Waals surface area contributed by atoms with Gasteiger partial charge < -0.3 is 123 Å². The van der Waals surface area contributed by atoms with Gasteiger partial charge in [0, 0.05) is 66.0 Å². The SMILES string of the molecule is CC[C@H](C)[C@@H]([C@@H](CC(=O)N1CCC[C@H]1[C@H](OC)[C@@H](C)C(=O)N[C@H](C)[C@@H](O)c1ccccc1)OC)N(C)C(=O)[C@@H](NC(=O)[C@H](C(C)C)N(C)C(=O)OCc1ccc(NC(=O)[C@H](CCCNC(N)=O)NC(=O)[C@@H](NC(=O)[C@H](CCC(=O)NC[C@H]2O[C@@H](CC(=O)NCC(=O)NCC(=O)NCC(=O)NCC(=O)OC)[C@H](O)[C@@H]2O)NC(=O)OCC2c3ccccc3-c3ccccc32)C(C)C)cc1)C(C)C. The Bertz CT molecular complexity index is 4660. The first-order valence-electron chi connectivity index (χ1n) is 45.6. The number of hydrogen-bond acceptors (Lipinski definition) is 25. The highest BCUT2D eigenvalue weighted by Crippen LogP contribution is 2.45. The molecule has 0 unspecified atom stereocenters. The van der Waals surface area contributed by atoms with Gasteiger partial charge in [0.1, 0.15) is 68.3 Å². The topological polar surface area (TPSA) is 569 Å². The summed E-state index contributed by atoms with van der Waals surface area (Å²) in [4.78, 5) is 220. The Morgan fingerprint density at radius 1 is 0.570 bits per heavy atom. The monoisotopic (exact) mass is 1890 g/mol.